The molecular weight excluding hydrogens is 384 g/mol. The SMILES string of the molecule is Cc1[nH]nc(C(=O)Nc2ccc(N3CCCS3(=O)=O)cc2)c1Br. The van der Waals surface area contributed by atoms with Crippen molar-refractivity contribution in [1.82, 2.24) is 10.2 Å². The number of carbonyl (C=O) groups excluding carboxylic acids is 1. The summed E-state index contributed by atoms with van der Waals surface area (Å²) in [5.74, 6) is -0.166. The van der Waals surface area contributed by atoms with Crippen molar-refractivity contribution in [2.45, 2.75) is 13.3 Å². The minimum absolute atomic E-state index is 0.179. The van der Waals surface area contributed by atoms with Crippen LogP contribution in [0.4, 0.5) is 11.4 Å². The Kier molecular flexibility index (Phi) is 4.15. The third-order valence-corrected chi connectivity index (χ3v) is 6.44. The molecule has 1 aromatic heterocycles. The zero-order valence-corrected chi connectivity index (χ0v) is 14.7. The Morgan fingerprint density at radius 1 is 1.35 bits per heavy atom. The number of hydrogen-bond donors (Lipinski definition) is 2. The number of aromatic amines is 1. The number of anilines is 2. The third kappa shape index (κ3) is 3.11. The minimum atomic E-state index is -3.20. The lowest BCUT2D eigenvalue weighted by Gasteiger charge is -2.17. The van der Waals surface area contributed by atoms with Gasteiger partial charge in [0.25, 0.3) is 5.91 Å². The van der Waals surface area contributed by atoms with Crippen molar-refractivity contribution in [3.63, 3.8) is 0 Å². The summed E-state index contributed by atoms with van der Waals surface area (Å²) in [6.07, 6.45) is 0.632. The number of hydrogen-bond acceptors (Lipinski definition) is 4. The molecule has 0 saturated carbocycles. The van der Waals surface area contributed by atoms with Crippen LogP contribution in [0.1, 0.15) is 22.6 Å². The highest BCUT2D eigenvalue weighted by atomic mass is 79.9. The second-order valence-corrected chi connectivity index (χ2v) is 8.06. The number of aryl methyl sites for hydroxylation is 1. The van der Waals surface area contributed by atoms with E-state index in [4.69, 9.17) is 0 Å². The van der Waals surface area contributed by atoms with E-state index >= 15 is 0 Å². The Morgan fingerprint density at radius 2 is 2.04 bits per heavy atom. The number of nitrogens with zero attached hydrogens (tertiary/aromatic N) is 2. The van der Waals surface area contributed by atoms with E-state index in [0.717, 1.165) is 5.69 Å². The summed E-state index contributed by atoms with van der Waals surface area (Å²) in [6.45, 7) is 2.30. The molecule has 3 rings (SSSR count). The molecule has 1 aromatic carbocycles. The molecule has 0 atom stereocenters. The number of carbonyl (C=O) groups is 1. The van der Waals surface area contributed by atoms with Crippen molar-refractivity contribution in [2.24, 2.45) is 0 Å². The molecule has 0 bridgehead atoms. The van der Waals surface area contributed by atoms with Gasteiger partial charge < -0.3 is 5.32 Å². The normalized spacial score (nSPS) is 16.5. The lowest BCUT2D eigenvalue weighted by Crippen LogP contribution is -2.25. The second-order valence-electron chi connectivity index (χ2n) is 5.25. The van der Waals surface area contributed by atoms with Crippen LogP contribution in [0, 0.1) is 6.92 Å². The molecule has 1 saturated heterocycles. The predicted octanol–water partition coefficient (Wildman–Crippen LogP) is 2.27. The summed E-state index contributed by atoms with van der Waals surface area (Å²) in [4.78, 5) is 12.2. The number of benzene rings is 1. The maximum atomic E-state index is 12.2. The first-order chi connectivity index (χ1) is 10.9. The molecule has 2 N–H and O–H groups in total. The van der Waals surface area contributed by atoms with Crippen LogP contribution in [0.2, 0.25) is 0 Å². The van der Waals surface area contributed by atoms with Gasteiger partial charge in [-0.25, -0.2) is 8.42 Å². The van der Waals surface area contributed by atoms with E-state index in [1.54, 1.807) is 31.2 Å². The van der Waals surface area contributed by atoms with Gasteiger partial charge in [0.1, 0.15) is 0 Å². The van der Waals surface area contributed by atoms with E-state index in [-0.39, 0.29) is 17.4 Å². The summed E-state index contributed by atoms with van der Waals surface area (Å²) in [6, 6.07) is 6.72. The number of nitrogens with one attached hydrogen (secondary N) is 2. The van der Waals surface area contributed by atoms with Gasteiger partial charge >= 0.3 is 0 Å². The van der Waals surface area contributed by atoms with Gasteiger partial charge in [-0.1, -0.05) is 0 Å². The van der Waals surface area contributed by atoms with E-state index < -0.39 is 10.0 Å². The summed E-state index contributed by atoms with van der Waals surface area (Å²) in [7, 11) is -3.20. The fraction of sp³-hybridized carbons (Fsp3) is 0.286. The number of aromatic nitrogens is 2. The van der Waals surface area contributed by atoms with Crippen LogP contribution >= 0.6 is 15.9 Å². The molecule has 9 heteroatoms. The number of sulfonamides is 1. The van der Waals surface area contributed by atoms with Crippen LogP contribution in [0.25, 0.3) is 0 Å². The Hall–Kier alpha value is -1.87. The largest absolute Gasteiger partial charge is 0.321 e. The van der Waals surface area contributed by atoms with Crippen molar-refractivity contribution >= 4 is 43.2 Å². The van der Waals surface area contributed by atoms with E-state index in [1.807, 2.05) is 0 Å². The molecule has 0 unspecified atom stereocenters. The summed E-state index contributed by atoms with van der Waals surface area (Å²) in [5.41, 5.74) is 2.22. The molecule has 1 amide bonds. The minimum Gasteiger partial charge on any atom is -0.321 e. The van der Waals surface area contributed by atoms with Gasteiger partial charge in [-0.05, 0) is 53.5 Å². The zero-order chi connectivity index (χ0) is 16.6. The lowest BCUT2D eigenvalue weighted by molar-refractivity contribution is 0.102. The Labute approximate surface area is 142 Å². The molecule has 2 aromatic rings. The van der Waals surface area contributed by atoms with Gasteiger partial charge in [0.05, 0.1) is 15.9 Å². The van der Waals surface area contributed by atoms with Crippen LogP contribution in [0.3, 0.4) is 0 Å². The molecule has 0 aliphatic carbocycles. The highest BCUT2D eigenvalue weighted by Gasteiger charge is 2.28. The number of halogens is 1. The van der Waals surface area contributed by atoms with E-state index in [1.165, 1.54) is 4.31 Å². The zero-order valence-electron chi connectivity index (χ0n) is 12.3. The summed E-state index contributed by atoms with van der Waals surface area (Å²) in [5, 5.41) is 9.40. The van der Waals surface area contributed by atoms with Crippen LogP contribution < -0.4 is 9.62 Å². The molecule has 1 aliphatic heterocycles. The smallest absolute Gasteiger partial charge is 0.277 e. The average Bonchev–Trinajstić information content (AvgIpc) is 3.03. The highest BCUT2D eigenvalue weighted by Crippen LogP contribution is 2.26. The van der Waals surface area contributed by atoms with E-state index in [9.17, 15) is 13.2 Å². The second kappa shape index (κ2) is 5.97. The van der Waals surface area contributed by atoms with Gasteiger partial charge in [-0.15, -0.1) is 0 Å². The molecule has 23 heavy (non-hydrogen) atoms. The van der Waals surface area contributed by atoms with Crippen LogP contribution in [0.15, 0.2) is 28.7 Å². The summed E-state index contributed by atoms with van der Waals surface area (Å²) >= 11 is 3.30. The molecule has 1 fully saturated rings. The molecule has 0 radical (unpaired) electrons. The van der Waals surface area contributed by atoms with E-state index in [2.05, 4.69) is 31.4 Å². The first-order valence-corrected chi connectivity index (χ1v) is 9.41. The molecule has 1 aliphatic rings. The quantitative estimate of drug-likeness (QED) is 0.828. The number of H-pyrrole nitrogens is 1. The maximum absolute atomic E-state index is 12.2. The maximum Gasteiger partial charge on any atom is 0.277 e. The average molecular weight is 399 g/mol. The standard InChI is InChI=1S/C14H15BrN4O3S/c1-9-12(15)13(18-17-9)14(20)16-10-3-5-11(6-4-10)19-7-2-8-23(19,21)22/h3-6H,2,7-8H2,1H3,(H,16,20)(H,17,18). The molecular formula is C14H15BrN4O3S. The lowest BCUT2D eigenvalue weighted by atomic mass is 10.2. The molecule has 122 valence electrons. The predicted molar refractivity (Wildman–Crippen MR) is 91.2 cm³/mol. The highest BCUT2D eigenvalue weighted by molar-refractivity contribution is 9.10. The first kappa shape index (κ1) is 16.0. The van der Waals surface area contributed by atoms with Crippen molar-refractivity contribution in [2.75, 3.05) is 21.9 Å². The fourth-order valence-corrected chi connectivity index (χ4v) is 4.32. The van der Waals surface area contributed by atoms with Crippen molar-refractivity contribution in [1.29, 1.82) is 0 Å². The van der Waals surface area contributed by atoms with Gasteiger partial charge in [0.2, 0.25) is 10.0 Å². The van der Waals surface area contributed by atoms with Crippen molar-refractivity contribution < 1.29 is 13.2 Å². The Balaban J connectivity index is 1.75. The van der Waals surface area contributed by atoms with Crippen LogP contribution in [-0.4, -0.2) is 36.8 Å². The Morgan fingerprint density at radius 3 is 2.57 bits per heavy atom. The summed E-state index contributed by atoms with van der Waals surface area (Å²) < 4.78 is 25.8. The van der Waals surface area contributed by atoms with Crippen LogP contribution in [-0.2, 0) is 10.0 Å². The van der Waals surface area contributed by atoms with Crippen LogP contribution in [0.5, 0.6) is 0 Å². The van der Waals surface area contributed by atoms with Gasteiger partial charge in [0, 0.05) is 17.9 Å². The third-order valence-electron chi connectivity index (χ3n) is 3.60. The van der Waals surface area contributed by atoms with Gasteiger partial charge in [-0.3, -0.25) is 14.2 Å². The van der Waals surface area contributed by atoms with Crippen molar-refractivity contribution in [3.05, 3.63) is 40.1 Å². The molecule has 0 spiro atoms. The number of rotatable bonds is 3. The molecule has 2 heterocycles. The van der Waals surface area contributed by atoms with Gasteiger partial charge in [0.15, 0.2) is 5.69 Å². The first-order valence-electron chi connectivity index (χ1n) is 7.01. The van der Waals surface area contributed by atoms with Gasteiger partial charge in [-0.2, -0.15) is 5.10 Å². The molecule has 7 nitrogen and oxygen atoms in total. The van der Waals surface area contributed by atoms with E-state index in [0.29, 0.717) is 28.8 Å². The fourth-order valence-electron chi connectivity index (χ4n) is 2.40. The Bertz CT molecular complexity index is 845. The van der Waals surface area contributed by atoms with Crippen molar-refractivity contribution in [3.8, 4) is 0 Å². The topological polar surface area (TPSA) is 95.2 Å². The monoisotopic (exact) mass is 398 g/mol. The number of amides is 1.